The largest absolute Gasteiger partial charge is 0.481 e. The maximum Gasteiger partial charge on any atom is 0.319 e. The van der Waals surface area contributed by atoms with E-state index in [0.717, 1.165) is 0 Å². The number of rotatable bonds is 8. The summed E-state index contributed by atoms with van der Waals surface area (Å²) in [5.74, 6) is 0.457. The van der Waals surface area contributed by atoms with Crippen molar-refractivity contribution < 1.29 is 23.8 Å². The molecule has 2 unspecified atom stereocenters. The van der Waals surface area contributed by atoms with Gasteiger partial charge in [0.2, 0.25) is 0 Å². The lowest BCUT2D eigenvalue weighted by Gasteiger charge is -2.27. The molecule has 0 heterocycles. The van der Waals surface area contributed by atoms with Crippen LogP contribution in [0.3, 0.4) is 0 Å². The van der Waals surface area contributed by atoms with Gasteiger partial charge < -0.3 is 14.7 Å². The van der Waals surface area contributed by atoms with E-state index in [1.807, 2.05) is 13.8 Å². The molecule has 0 saturated carbocycles. The molecule has 1 aromatic carbocycles. The molecule has 0 fully saturated rings. The maximum absolute atomic E-state index is 10.5. The van der Waals surface area contributed by atoms with Crippen LogP contribution >= 0.6 is 8.25 Å². The highest BCUT2D eigenvalue weighted by atomic mass is 31.1. The van der Waals surface area contributed by atoms with Crippen LogP contribution in [-0.4, -0.2) is 15.7 Å². The van der Waals surface area contributed by atoms with Crippen LogP contribution in [0.2, 0.25) is 0 Å². The van der Waals surface area contributed by atoms with Gasteiger partial charge in [0.25, 0.3) is 0 Å². The van der Waals surface area contributed by atoms with Crippen molar-refractivity contribution in [3.63, 3.8) is 0 Å². The molecule has 1 aromatic rings. The van der Waals surface area contributed by atoms with E-state index in [-0.39, 0.29) is 0 Å². The Morgan fingerprint density at radius 2 is 1.95 bits per heavy atom. The Labute approximate surface area is 122 Å². The van der Waals surface area contributed by atoms with Crippen LogP contribution in [0, 0.1) is 0 Å². The topological polar surface area (TPSA) is 125 Å². The van der Waals surface area contributed by atoms with Crippen molar-refractivity contribution in [2.24, 2.45) is 5.11 Å². The van der Waals surface area contributed by atoms with E-state index < -0.39 is 20.3 Å². The van der Waals surface area contributed by atoms with E-state index in [0.29, 0.717) is 24.2 Å². The summed E-state index contributed by atoms with van der Waals surface area (Å²) in [6.45, 7) is 3.70. The van der Waals surface area contributed by atoms with Gasteiger partial charge in [0, 0.05) is 10.5 Å². The Kier molecular flexibility index (Phi) is 6.68. The third-order valence-electron chi connectivity index (χ3n) is 3.02. The molecule has 21 heavy (non-hydrogen) atoms. The molecular weight excluding hydrogens is 297 g/mol. The zero-order valence-corrected chi connectivity index (χ0v) is 12.8. The Hall–Kier alpha value is -1.56. The third-order valence-corrected chi connectivity index (χ3v) is 3.44. The molecule has 9 heteroatoms. The number of ether oxygens (including phenoxy) is 1. The van der Waals surface area contributed by atoms with E-state index in [4.69, 9.17) is 15.2 Å². The molecule has 0 bridgehead atoms. The van der Waals surface area contributed by atoms with E-state index >= 15 is 0 Å². The van der Waals surface area contributed by atoms with Gasteiger partial charge in [0.05, 0.1) is 0 Å². The van der Waals surface area contributed by atoms with Gasteiger partial charge in [-0.15, -0.1) is 0 Å². The molecule has 0 aliphatic carbocycles. The second kappa shape index (κ2) is 8.02. The molecule has 0 amide bonds. The molecule has 116 valence electrons. The fraction of sp³-hybridized carbons (Fsp3) is 0.500. The first kappa shape index (κ1) is 17.5. The van der Waals surface area contributed by atoms with Crippen molar-refractivity contribution >= 4 is 8.25 Å². The summed E-state index contributed by atoms with van der Waals surface area (Å²) < 4.78 is 20.6. The van der Waals surface area contributed by atoms with Crippen LogP contribution in [0.4, 0.5) is 0 Å². The fourth-order valence-electron chi connectivity index (χ4n) is 1.72. The second-order valence-electron chi connectivity index (χ2n) is 4.25. The van der Waals surface area contributed by atoms with Gasteiger partial charge >= 0.3 is 8.25 Å². The minimum Gasteiger partial charge on any atom is -0.481 e. The molecule has 8 nitrogen and oxygen atoms in total. The van der Waals surface area contributed by atoms with Crippen LogP contribution in [0.25, 0.3) is 10.4 Å². The number of azide groups is 1. The predicted molar refractivity (Wildman–Crippen MR) is 76.8 cm³/mol. The molecule has 0 spiro atoms. The number of aliphatic hydroxyl groups excluding tert-OH is 1. The molecular formula is C12H18N3O5P. The van der Waals surface area contributed by atoms with Gasteiger partial charge in [0.15, 0.2) is 12.0 Å². The molecule has 2 atom stereocenters. The highest BCUT2D eigenvalue weighted by molar-refractivity contribution is 7.32. The molecule has 0 aliphatic heterocycles. The predicted octanol–water partition coefficient (Wildman–Crippen LogP) is 3.28. The van der Waals surface area contributed by atoms with Gasteiger partial charge in [-0.25, -0.2) is 0 Å². The highest BCUT2D eigenvalue weighted by Crippen LogP contribution is 2.30. The van der Waals surface area contributed by atoms with Gasteiger partial charge in [-0.2, -0.15) is 0 Å². The Balaban J connectivity index is 2.87. The lowest BCUT2D eigenvalue weighted by molar-refractivity contribution is -0.0208. The molecule has 1 rings (SSSR count). The Bertz CT molecular complexity index is 526. The first-order valence-corrected chi connectivity index (χ1v) is 7.65. The fourth-order valence-corrected chi connectivity index (χ4v) is 2.05. The summed E-state index contributed by atoms with van der Waals surface area (Å²) in [4.78, 5) is 11.4. The van der Waals surface area contributed by atoms with Gasteiger partial charge in [0.1, 0.15) is 5.75 Å². The molecule has 0 aromatic heterocycles. The number of hydrogen-bond acceptors (Lipinski definition) is 5. The lowest BCUT2D eigenvalue weighted by Crippen LogP contribution is -2.31. The van der Waals surface area contributed by atoms with Crippen molar-refractivity contribution in [1.29, 1.82) is 0 Å². The second-order valence-corrected chi connectivity index (χ2v) is 5.02. The summed E-state index contributed by atoms with van der Waals surface area (Å²) >= 11 is 0. The number of hydrogen-bond donors (Lipinski definition) is 2. The van der Waals surface area contributed by atoms with Crippen molar-refractivity contribution in [2.45, 2.75) is 38.7 Å². The molecule has 0 saturated heterocycles. The average Bonchev–Trinajstić information content (AvgIpc) is 2.46. The van der Waals surface area contributed by atoms with Gasteiger partial charge in [-0.05, 0) is 35.6 Å². The molecule has 0 radical (unpaired) electrons. The first-order valence-electron chi connectivity index (χ1n) is 6.39. The standard InChI is InChI=1S/C12H18N3O5P/c1-3-12(4-2,14-15-13)19-10-7-5-9(6-8-10)11(16)20-21(17)18/h5-8,11,16,21H,3-4H2,1-2H3,(H,17,18). The zero-order chi connectivity index (χ0) is 15.9. The van der Waals surface area contributed by atoms with E-state index in [1.54, 1.807) is 12.1 Å². The monoisotopic (exact) mass is 315 g/mol. The minimum absolute atomic E-state index is 0.317. The summed E-state index contributed by atoms with van der Waals surface area (Å²) in [6, 6.07) is 6.11. The summed E-state index contributed by atoms with van der Waals surface area (Å²) in [5, 5.41) is 13.2. The van der Waals surface area contributed by atoms with Crippen LogP contribution in [-0.2, 0) is 9.09 Å². The molecule has 2 N–H and O–H groups in total. The Morgan fingerprint density at radius 3 is 2.38 bits per heavy atom. The van der Waals surface area contributed by atoms with Crippen LogP contribution < -0.4 is 4.74 Å². The maximum atomic E-state index is 10.5. The first-order chi connectivity index (χ1) is 9.96. The third kappa shape index (κ3) is 5.04. The smallest absolute Gasteiger partial charge is 0.319 e. The number of aliphatic hydroxyl groups is 1. The van der Waals surface area contributed by atoms with Crippen molar-refractivity contribution in [1.82, 2.24) is 0 Å². The van der Waals surface area contributed by atoms with E-state index in [1.165, 1.54) is 12.1 Å². The van der Waals surface area contributed by atoms with Crippen LogP contribution in [0.5, 0.6) is 5.75 Å². The van der Waals surface area contributed by atoms with Gasteiger partial charge in [-0.1, -0.05) is 26.0 Å². The zero-order valence-electron chi connectivity index (χ0n) is 11.8. The van der Waals surface area contributed by atoms with Crippen molar-refractivity contribution in [3.05, 3.63) is 40.3 Å². The number of benzene rings is 1. The minimum atomic E-state index is -3.22. The van der Waals surface area contributed by atoms with Crippen LogP contribution in [0.1, 0.15) is 38.5 Å². The van der Waals surface area contributed by atoms with Gasteiger partial charge in [-0.3, -0.25) is 9.09 Å². The normalized spacial score (nSPS) is 14.1. The SMILES string of the molecule is CCC(CC)(N=[N+]=[N-])Oc1ccc(C(O)O[PH](=O)O)cc1. The van der Waals surface area contributed by atoms with E-state index in [9.17, 15) is 9.67 Å². The summed E-state index contributed by atoms with van der Waals surface area (Å²) in [6.07, 6.45) is -0.462. The highest BCUT2D eigenvalue weighted by Gasteiger charge is 2.27. The molecule has 0 aliphatic rings. The summed E-state index contributed by atoms with van der Waals surface area (Å²) in [7, 11) is -3.22. The van der Waals surface area contributed by atoms with E-state index in [2.05, 4.69) is 14.5 Å². The Morgan fingerprint density at radius 1 is 1.38 bits per heavy atom. The average molecular weight is 315 g/mol. The van der Waals surface area contributed by atoms with Crippen molar-refractivity contribution in [2.75, 3.05) is 0 Å². The lowest BCUT2D eigenvalue weighted by atomic mass is 10.1. The number of nitrogens with zero attached hydrogens (tertiary/aromatic N) is 3. The summed E-state index contributed by atoms with van der Waals surface area (Å²) in [5.41, 5.74) is 7.98. The quantitative estimate of drug-likeness (QED) is 0.250. The van der Waals surface area contributed by atoms with Crippen molar-refractivity contribution in [3.8, 4) is 5.75 Å². The van der Waals surface area contributed by atoms with Crippen LogP contribution in [0.15, 0.2) is 29.4 Å².